The lowest BCUT2D eigenvalue weighted by atomic mass is 10.4. The van der Waals surface area contributed by atoms with Crippen molar-refractivity contribution in [1.29, 1.82) is 0 Å². The first-order chi connectivity index (χ1) is 8.95. The number of benzene rings is 1. The molecule has 0 aromatic heterocycles. The summed E-state index contributed by atoms with van der Waals surface area (Å²) in [6, 6.07) is 2.61. The summed E-state index contributed by atoms with van der Waals surface area (Å²) in [4.78, 5) is -0.409. The normalized spacial score (nSPS) is 13.0. The highest BCUT2D eigenvalue weighted by Gasteiger charge is 2.32. The Hall–Kier alpha value is -0.0200. The molecule has 3 nitrogen and oxygen atoms in total. The van der Waals surface area contributed by atoms with E-state index in [2.05, 4.69) is 15.9 Å². The molecule has 0 heterocycles. The van der Waals surface area contributed by atoms with E-state index < -0.39 is 34.1 Å². The van der Waals surface area contributed by atoms with Crippen molar-refractivity contribution in [3.8, 4) is 0 Å². The van der Waals surface area contributed by atoms with Gasteiger partial charge in [-0.25, -0.2) is 12.7 Å². The zero-order valence-electron chi connectivity index (χ0n) is 10.0. The van der Waals surface area contributed by atoms with Crippen LogP contribution in [0.1, 0.15) is 6.42 Å². The Bertz CT molecular complexity index is 584. The van der Waals surface area contributed by atoms with Crippen molar-refractivity contribution in [3.63, 3.8) is 0 Å². The molecular weight excluding hydrogens is 406 g/mol. The fourth-order valence-corrected chi connectivity index (χ4v) is 4.38. The van der Waals surface area contributed by atoms with Crippen molar-refractivity contribution < 1.29 is 21.6 Å². The Labute approximate surface area is 132 Å². The number of halogens is 6. The van der Waals surface area contributed by atoms with Crippen LogP contribution in [0.2, 0.25) is 10.0 Å². The first-order valence-corrected chi connectivity index (χ1v) is 8.11. The number of nitrogens with zero attached hydrogens (tertiary/aromatic N) is 1. The molecule has 0 spiro atoms. The van der Waals surface area contributed by atoms with E-state index in [1.54, 1.807) is 0 Å². The molecule has 0 radical (unpaired) electrons. The molecule has 114 valence electrons. The number of hydrogen-bond acceptors (Lipinski definition) is 2. The summed E-state index contributed by atoms with van der Waals surface area (Å²) in [7, 11) is -3.15. The molecule has 10 heteroatoms. The topological polar surface area (TPSA) is 37.4 Å². The Kier molecular flexibility index (Phi) is 5.76. The van der Waals surface area contributed by atoms with Crippen LogP contribution in [0.25, 0.3) is 0 Å². The van der Waals surface area contributed by atoms with Crippen LogP contribution in [0.4, 0.5) is 13.2 Å². The van der Waals surface area contributed by atoms with Crippen molar-refractivity contribution in [3.05, 3.63) is 26.7 Å². The average molecular weight is 415 g/mol. The van der Waals surface area contributed by atoms with Gasteiger partial charge >= 0.3 is 6.18 Å². The summed E-state index contributed by atoms with van der Waals surface area (Å²) >= 11 is 14.7. The van der Waals surface area contributed by atoms with Crippen LogP contribution < -0.4 is 0 Å². The summed E-state index contributed by atoms with van der Waals surface area (Å²) in [5.74, 6) is 0. The minimum Gasteiger partial charge on any atom is -0.207 e. The molecule has 0 amide bonds. The maximum absolute atomic E-state index is 12.2. The van der Waals surface area contributed by atoms with Gasteiger partial charge in [-0.2, -0.15) is 13.2 Å². The monoisotopic (exact) mass is 413 g/mol. The molecule has 0 saturated heterocycles. The number of rotatable bonds is 4. The predicted molar refractivity (Wildman–Crippen MR) is 74.6 cm³/mol. The van der Waals surface area contributed by atoms with Gasteiger partial charge in [-0.15, -0.1) is 0 Å². The summed E-state index contributed by atoms with van der Waals surface area (Å²) < 4.78 is 61.8. The van der Waals surface area contributed by atoms with Crippen LogP contribution in [-0.4, -0.2) is 32.5 Å². The van der Waals surface area contributed by atoms with Crippen molar-refractivity contribution in [2.75, 3.05) is 13.6 Å². The lowest BCUT2D eigenvalue weighted by Crippen LogP contribution is -2.31. The molecule has 1 aromatic rings. The molecule has 1 rings (SSSR count). The van der Waals surface area contributed by atoms with Gasteiger partial charge in [0.05, 0.1) is 16.5 Å². The van der Waals surface area contributed by atoms with Gasteiger partial charge in [0.2, 0.25) is 10.0 Å². The van der Waals surface area contributed by atoms with Crippen LogP contribution in [0, 0.1) is 0 Å². The first kappa shape index (κ1) is 18.0. The second kappa shape index (κ2) is 6.39. The molecule has 0 saturated carbocycles. The van der Waals surface area contributed by atoms with Crippen LogP contribution >= 0.6 is 39.1 Å². The van der Waals surface area contributed by atoms with Crippen LogP contribution in [-0.2, 0) is 10.0 Å². The lowest BCUT2D eigenvalue weighted by molar-refractivity contribution is -0.135. The fourth-order valence-electron chi connectivity index (χ4n) is 1.34. The largest absolute Gasteiger partial charge is 0.390 e. The zero-order valence-corrected chi connectivity index (χ0v) is 13.9. The minimum absolute atomic E-state index is 0.164. The maximum atomic E-state index is 12.2. The van der Waals surface area contributed by atoms with E-state index in [0.717, 1.165) is 7.05 Å². The third-order valence-electron chi connectivity index (χ3n) is 2.34. The van der Waals surface area contributed by atoms with Gasteiger partial charge in [0, 0.05) is 18.1 Å². The van der Waals surface area contributed by atoms with E-state index in [9.17, 15) is 21.6 Å². The molecule has 0 unspecified atom stereocenters. The molecule has 0 aliphatic carbocycles. The molecule has 0 aliphatic rings. The summed E-state index contributed by atoms with van der Waals surface area (Å²) in [5.41, 5.74) is 0. The highest BCUT2D eigenvalue weighted by molar-refractivity contribution is 9.10. The Morgan fingerprint density at radius 1 is 1.25 bits per heavy atom. The highest BCUT2D eigenvalue weighted by Crippen LogP contribution is 2.34. The van der Waals surface area contributed by atoms with E-state index in [0.29, 0.717) is 8.78 Å². The summed E-state index contributed by atoms with van der Waals surface area (Å²) in [6.07, 6.45) is -5.70. The number of alkyl halides is 3. The van der Waals surface area contributed by atoms with Gasteiger partial charge in [-0.1, -0.05) is 39.1 Å². The zero-order chi connectivity index (χ0) is 15.7. The third kappa shape index (κ3) is 4.49. The quantitative estimate of drug-likeness (QED) is 0.735. The van der Waals surface area contributed by atoms with Gasteiger partial charge < -0.3 is 0 Å². The van der Waals surface area contributed by atoms with E-state index >= 15 is 0 Å². The second-order valence-corrected chi connectivity index (χ2v) is 7.60. The molecule has 0 atom stereocenters. The van der Waals surface area contributed by atoms with Crippen molar-refractivity contribution in [1.82, 2.24) is 4.31 Å². The summed E-state index contributed by atoms with van der Waals surface area (Å²) in [6.45, 7) is -0.714. The van der Waals surface area contributed by atoms with E-state index in [1.165, 1.54) is 12.1 Å². The molecular formula is C10H9BrCl2F3NO2S. The van der Waals surface area contributed by atoms with Crippen LogP contribution in [0.3, 0.4) is 0 Å². The Morgan fingerprint density at radius 2 is 1.70 bits per heavy atom. The first-order valence-electron chi connectivity index (χ1n) is 5.13. The Balaban J connectivity index is 3.11. The van der Waals surface area contributed by atoms with Crippen molar-refractivity contribution in [2.45, 2.75) is 17.5 Å². The fraction of sp³-hybridized carbons (Fsp3) is 0.400. The highest BCUT2D eigenvalue weighted by atomic mass is 79.9. The minimum atomic E-state index is -4.45. The van der Waals surface area contributed by atoms with E-state index in [4.69, 9.17) is 23.2 Å². The maximum Gasteiger partial charge on any atom is 0.390 e. The van der Waals surface area contributed by atoms with Crippen molar-refractivity contribution in [2.24, 2.45) is 0 Å². The molecule has 0 N–H and O–H groups in total. The third-order valence-corrected chi connectivity index (χ3v) is 5.58. The lowest BCUT2D eigenvalue weighted by Gasteiger charge is -2.19. The smallest absolute Gasteiger partial charge is 0.207 e. The molecule has 0 fully saturated rings. The van der Waals surface area contributed by atoms with Gasteiger partial charge in [-0.3, -0.25) is 0 Å². The molecule has 20 heavy (non-hydrogen) atoms. The number of hydrogen-bond donors (Lipinski definition) is 0. The molecule has 1 aromatic carbocycles. The van der Waals surface area contributed by atoms with Gasteiger partial charge in [0.1, 0.15) is 4.90 Å². The van der Waals surface area contributed by atoms with Gasteiger partial charge in [0.15, 0.2) is 0 Å². The summed E-state index contributed by atoms with van der Waals surface area (Å²) in [5, 5.41) is -0.327. The number of sulfonamides is 1. The predicted octanol–water partition coefficient (Wildman–Crippen LogP) is 4.33. The van der Waals surface area contributed by atoms with Gasteiger partial charge in [0.25, 0.3) is 0 Å². The SMILES string of the molecule is CN(CCC(F)(F)F)S(=O)(=O)c1c(Cl)cc(Br)cc1Cl. The van der Waals surface area contributed by atoms with E-state index in [-0.39, 0.29) is 10.0 Å². The average Bonchev–Trinajstić information content (AvgIpc) is 2.22. The van der Waals surface area contributed by atoms with Gasteiger partial charge in [-0.05, 0) is 12.1 Å². The Morgan fingerprint density at radius 3 is 2.10 bits per heavy atom. The molecule has 0 bridgehead atoms. The van der Waals surface area contributed by atoms with E-state index in [1.807, 2.05) is 0 Å². The van der Waals surface area contributed by atoms with Crippen LogP contribution in [0.15, 0.2) is 21.5 Å². The standard InChI is InChI=1S/C10H9BrCl2F3NO2S/c1-17(3-2-10(14,15)16)20(18,19)9-7(12)4-6(11)5-8(9)13/h4-5H,2-3H2,1H3. The van der Waals surface area contributed by atoms with Crippen molar-refractivity contribution >= 4 is 49.2 Å². The van der Waals surface area contributed by atoms with Crippen LogP contribution in [0.5, 0.6) is 0 Å². The second-order valence-electron chi connectivity index (χ2n) is 3.89. The molecule has 0 aliphatic heterocycles.